The number of fused-ring (bicyclic) bond motifs is 1. The molecule has 1 amide bonds. The van der Waals surface area contributed by atoms with Gasteiger partial charge in [0.05, 0.1) is 16.2 Å². The van der Waals surface area contributed by atoms with Crippen molar-refractivity contribution in [3.8, 4) is 5.69 Å². The van der Waals surface area contributed by atoms with Crippen LogP contribution in [0.1, 0.15) is 37.8 Å². The maximum absolute atomic E-state index is 13.6. The lowest BCUT2D eigenvalue weighted by atomic mass is 9.97. The second-order valence-electron chi connectivity index (χ2n) is 8.78. The van der Waals surface area contributed by atoms with Crippen LogP contribution in [-0.4, -0.2) is 51.3 Å². The van der Waals surface area contributed by atoms with E-state index in [0.29, 0.717) is 40.5 Å². The Bertz CT molecular complexity index is 1310. The number of para-hydroxylation sites is 1. The number of halogens is 2. The molecule has 33 heavy (non-hydrogen) atoms. The van der Waals surface area contributed by atoms with E-state index in [9.17, 15) is 14.7 Å². The number of carboxylic acid groups (broad SMARTS) is 1. The van der Waals surface area contributed by atoms with Crippen molar-refractivity contribution in [2.45, 2.75) is 39.7 Å². The van der Waals surface area contributed by atoms with E-state index in [-0.39, 0.29) is 17.6 Å². The summed E-state index contributed by atoms with van der Waals surface area (Å²) in [5, 5.41) is 10.6. The highest BCUT2D eigenvalue weighted by Gasteiger charge is 2.30. The smallest absolute Gasteiger partial charge is 0.407 e. The average molecular weight is 534 g/mol. The molecule has 1 atom stereocenters. The lowest BCUT2D eigenvalue weighted by Gasteiger charge is -2.39. The topological polar surface area (TPSA) is 78.7 Å². The largest absolute Gasteiger partial charge is 0.465 e. The first-order valence-corrected chi connectivity index (χ1v) is 12.0. The Kier molecular flexibility index (Phi) is 6.42. The summed E-state index contributed by atoms with van der Waals surface area (Å²) in [6.07, 6.45) is -0.942. The Morgan fingerprint density at radius 2 is 2.00 bits per heavy atom. The molecule has 0 bridgehead atoms. The number of piperazine rings is 1. The molecule has 7 nitrogen and oxygen atoms in total. The van der Waals surface area contributed by atoms with E-state index in [4.69, 9.17) is 11.6 Å². The lowest BCUT2D eigenvalue weighted by molar-refractivity contribution is 0.136. The minimum Gasteiger partial charge on any atom is -0.465 e. The van der Waals surface area contributed by atoms with Crippen LogP contribution in [0.2, 0.25) is 5.02 Å². The minimum atomic E-state index is -0.942. The van der Waals surface area contributed by atoms with Gasteiger partial charge in [0.2, 0.25) is 0 Å². The SMILES string of the molecule is Cc1cccc(C(C)C)c1-n1c(=O)nc(N2CCN(C(=O)O)C[C@@H]2C)c2cc(Cl)c(Br)cc21. The molecule has 0 radical (unpaired) electrons. The zero-order valence-electron chi connectivity index (χ0n) is 19.0. The van der Waals surface area contributed by atoms with Gasteiger partial charge in [0.15, 0.2) is 0 Å². The average Bonchev–Trinajstić information content (AvgIpc) is 2.75. The summed E-state index contributed by atoms with van der Waals surface area (Å²) >= 11 is 10.0. The summed E-state index contributed by atoms with van der Waals surface area (Å²) in [6.45, 7) is 9.24. The van der Waals surface area contributed by atoms with Crippen molar-refractivity contribution in [1.82, 2.24) is 14.5 Å². The summed E-state index contributed by atoms with van der Waals surface area (Å²) in [7, 11) is 0. The molecule has 9 heteroatoms. The molecule has 4 rings (SSSR count). The number of anilines is 1. The third kappa shape index (κ3) is 4.22. The summed E-state index contributed by atoms with van der Waals surface area (Å²) in [5.74, 6) is 0.735. The van der Waals surface area contributed by atoms with Crippen molar-refractivity contribution in [3.05, 3.63) is 61.4 Å². The van der Waals surface area contributed by atoms with Gasteiger partial charge in [0, 0.05) is 35.5 Å². The first kappa shape index (κ1) is 23.6. The molecule has 1 N–H and O–H groups in total. The number of nitrogens with zero attached hydrogens (tertiary/aromatic N) is 4. The van der Waals surface area contributed by atoms with E-state index in [1.165, 1.54) is 4.90 Å². The highest BCUT2D eigenvalue weighted by Crippen LogP contribution is 2.36. The molecular formula is C24H26BrClN4O3. The van der Waals surface area contributed by atoms with Gasteiger partial charge in [-0.25, -0.2) is 9.59 Å². The van der Waals surface area contributed by atoms with Gasteiger partial charge in [0.25, 0.3) is 0 Å². The molecular weight excluding hydrogens is 508 g/mol. The number of amides is 1. The Balaban J connectivity index is 1.99. The summed E-state index contributed by atoms with van der Waals surface area (Å²) in [5.41, 5.74) is 3.19. The predicted octanol–water partition coefficient (Wildman–Crippen LogP) is 5.42. The van der Waals surface area contributed by atoms with Gasteiger partial charge in [-0.05, 0) is 59.0 Å². The Morgan fingerprint density at radius 1 is 1.27 bits per heavy atom. The van der Waals surface area contributed by atoms with Crippen LogP contribution in [0.4, 0.5) is 10.6 Å². The number of hydrogen-bond acceptors (Lipinski definition) is 4. The Hall–Kier alpha value is -2.58. The third-order valence-electron chi connectivity index (χ3n) is 6.20. The van der Waals surface area contributed by atoms with Crippen LogP contribution >= 0.6 is 27.5 Å². The van der Waals surface area contributed by atoms with Crippen molar-refractivity contribution in [3.63, 3.8) is 0 Å². The molecule has 1 aliphatic rings. The number of hydrogen-bond donors (Lipinski definition) is 1. The molecule has 3 aromatic rings. The quantitative estimate of drug-likeness (QED) is 0.486. The first-order chi connectivity index (χ1) is 15.6. The van der Waals surface area contributed by atoms with Crippen molar-refractivity contribution in [1.29, 1.82) is 0 Å². The van der Waals surface area contributed by atoms with E-state index in [2.05, 4.69) is 34.8 Å². The molecule has 1 saturated heterocycles. The second kappa shape index (κ2) is 8.99. The Labute approximate surface area is 205 Å². The molecule has 0 saturated carbocycles. The summed E-state index contributed by atoms with van der Waals surface area (Å²) < 4.78 is 2.35. The van der Waals surface area contributed by atoms with Crippen LogP contribution in [-0.2, 0) is 0 Å². The molecule has 0 unspecified atom stereocenters. The Morgan fingerprint density at radius 3 is 2.64 bits per heavy atom. The third-order valence-corrected chi connectivity index (χ3v) is 7.39. The van der Waals surface area contributed by atoms with Crippen LogP contribution in [0.25, 0.3) is 16.6 Å². The fraction of sp³-hybridized carbons (Fsp3) is 0.375. The second-order valence-corrected chi connectivity index (χ2v) is 10.0. The molecule has 0 spiro atoms. The van der Waals surface area contributed by atoms with E-state index < -0.39 is 6.09 Å². The van der Waals surface area contributed by atoms with E-state index in [1.807, 2.05) is 49.1 Å². The summed E-state index contributed by atoms with van der Waals surface area (Å²) in [6, 6.07) is 9.57. The van der Waals surface area contributed by atoms with E-state index in [0.717, 1.165) is 22.2 Å². The number of carbonyl (C=O) groups is 1. The molecule has 1 fully saturated rings. The van der Waals surface area contributed by atoms with Crippen LogP contribution in [0.15, 0.2) is 39.6 Å². The monoisotopic (exact) mass is 532 g/mol. The van der Waals surface area contributed by atoms with E-state index in [1.54, 1.807) is 4.57 Å². The van der Waals surface area contributed by atoms with Gasteiger partial charge in [-0.3, -0.25) is 4.57 Å². The van der Waals surface area contributed by atoms with Gasteiger partial charge in [-0.2, -0.15) is 4.98 Å². The van der Waals surface area contributed by atoms with Crippen LogP contribution in [0.3, 0.4) is 0 Å². The van der Waals surface area contributed by atoms with Crippen LogP contribution < -0.4 is 10.6 Å². The van der Waals surface area contributed by atoms with Crippen LogP contribution in [0, 0.1) is 6.92 Å². The number of rotatable bonds is 3. The molecule has 2 heterocycles. The number of benzene rings is 2. The van der Waals surface area contributed by atoms with Crippen molar-refractivity contribution >= 4 is 50.3 Å². The van der Waals surface area contributed by atoms with Gasteiger partial charge >= 0.3 is 11.8 Å². The fourth-order valence-corrected chi connectivity index (χ4v) is 5.03. The van der Waals surface area contributed by atoms with Gasteiger partial charge in [0.1, 0.15) is 5.82 Å². The van der Waals surface area contributed by atoms with Gasteiger partial charge in [-0.1, -0.05) is 43.6 Å². The fourth-order valence-electron chi connectivity index (χ4n) is 4.54. The maximum atomic E-state index is 13.6. The molecule has 1 aromatic heterocycles. The highest BCUT2D eigenvalue weighted by molar-refractivity contribution is 9.10. The lowest BCUT2D eigenvalue weighted by Crippen LogP contribution is -2.54. The molecule has 2 aromatic carbocycles. The van der Waals surface area contributed by atoms with Gasteiger partial charge in [-0.15, -0.1) is 0 Å². The van der Waals surface area contributed by atoms with Crippen molar-refractivity contribution in [2.75, 3.05) is 24.5 Å². The standard InChI is InChI=1S/C24H26BrClN4O3/c1-13(2)16-7-5-6-14(3)21(16)30-20-11-18(25)19(26)10-17(20)22(27-23(30)31)29-9-8-28(24(32)33)12-15(29)4/h5-7,10-11,13,15H,8-9,12H2,1-4H3,(H,32,33)/t15-/m0/s1. The van der Waals surface area contributed by atoms with E-state index >= 15 is 0 Å². The highest BCUT2D eigenvalue weighted by atomic mass is 79.9. The van der Waals surface area contributed by atoms with Crippen molar-refractivity contribution in [2.24, 2.45) is 0 Å². The predicted molar refractivity (Wildman–Crippen MR) is 135 cm³/mol. The molecule has 1 aliphatic heterocycles. The number of aromatic nitrogens is 2. The minimum absolute atomic E-state index is 0.145. The molecule has 174 valence electrons. The zero-order valence-corrected chi connectivity index (χ0v) is 21.3. The van der Waals surface area contributed by atoms with Gasteiger partial charge < -0.3 is 14.9 Å². The zero-order chi connectivity index (χ0) is 24.0. The van der Waals surface area contributed by atoms with Crippen LogP contribution in [0.5, 0.6) is 0 Å². The van der Waals surface area contributed by atoms with Crippen molar-refractivity contribution < 1.29 is 9.90 Å². The maximum Gasteiger partial charge on any atom is 0.407 e. The number of aryl methyl sites for hydroxylation is 1. The normalized spacial score (nSPS) is 16.6. The summed E-state index contributed by atoms with van der Waals surface area (Å²) in [4.78, 5) is 32.9. The first-order valence-electron chi connectivity index (χ1n) is 10.9. The molecule has 0 aliphatic carbocycles.